The number of hydrogen-bond donors (Lipinski definition) is 2. The Morgan fingerprint density at radius 1 is 1.32 bits per heavy atom. The Balaban J connectivity index is 1.63. The second kappa shape index (κ2) is 5.95. The number of fused-ring (bicyclic) bond motifs is 4. The van der Waals surface area contributed by atoms with Gasteiger partial charge in [0.15, 0.2) is 0 Å². The minimum absolute atomic E-state index is 0.163. The summed E-state index contributed by atoms with van der Waals surface area (Å²) in [6.07, 6.45) is 12.2. The van der Waals surface area contributed by atoms with Crippen molar-refractivity contribution in [1.82, 2.24) is 0 Å². The first-order valence-corrected chi connectivity index (χ1v) is 9.86. The summed E-state index contributed by atoms with van der Waals surface area (Å²) in [6, 6.07) is 0.325. The first-order valence-electron chi connectivity index (χ1n) is 9.86. The predicted octanol–water partition coefficient (Wildman–Crippen LogP) is 3.10. The molecule has 2 fully saturated rings. The highest BCUT2D eigenvalue weighted by atomic mass is 16.6. The van der Waals surface area contributed by atoms with Crippen molar-refractivity contribution in [2.45, 2.75) is 70.9 Å². The fourth-order valence-electron chi connectivity index (χ4n) is 6.35. The summed E-state index contributed by atoms with van der Waals surface area (Å²) in [5, 5.41) is 8.92. The second-order valence-corrected chi connectivity index (χ2v) is 9.04. The zero-order chi connectivity index (χ0) is 17.8. The molecule has 25 heavy (non-hydrogen) atoms. The zero-order valence-corrected chi connectivity index (χ0v) is 15.5. The normalized spacial score (nSPS) is 45.6. The highest BCUT2D eigenvalue weighted by Crippen LogP contribution is 2.62. The molecule has 0 spiro atoms. The van der Waals surface area contributed by atoms with Crippen LogP contribution in [0.4, 0.5) is 0 Å². The van der Waals surface area contributed by atoms with E-state index in [9.17, 15) is 4.79 Å². The molecule has 3 N–H and O–H groups in total. The Morgan fingerprint density at radius 3 is 2.88 bits per heavy atom. The predicted molar refractivity (Wildman–Crippen MR) is 96.6 cm³/mol. The van der Waals surface area contributed by atoms with Gasteiger partial charge in [-0.3, -0.25) is 0 Å². The summed E-state index contributed by atoms with van der Waals surface area (Å²) in [5.74, 6) is 0.637. The fourth-order valence-corrected chi connectivity index (χ4v) is 6.35. The number of allylic oxidation sites excluding steroid dienone is 2. The summed E-state index contributed by atoms with van der Waals surface area (Å²) < 4.78 is 5.37. The van der Waals surface area contributed by atoms with E-state index in [1.807, 2.05) is 0 Å². The van der Waals surface area contributed by atoms with Gasteiger partial charge >= 0.3 is 5.97 Å². The lowest BCUT2D eigenvalue weighted by Crippen LogP contribution is -2.47. The molecule has 4 rings (SSSR count). The molecule has 138 valence electrons. The molecule has 0 bridgehead atoms. The monoisotopic (exact) mass is 345 g/mol. The van der Waals surface area contributed by atoms with Gasteiger partial charge in [0.25, 0.3) is 0 Å². The van der Waals surface area contributed by atoms with Crippen molar-refractivity contribution >= 4 is 5.97 Å². The summed E-state index contributed by atoms with van der Waals surface area (Å²) >= 11 is 0. The van der Waals surface area contributed by atoms with Gasteiger partial charge in [-0.2, -0.15) is 0 Å². The maximum absolute atomic E-state index is 11.4. The standard InChI is InChI=1S/C21H31NO3/c1-20-9-7-14(25-19(24)12-23)11-13(20)3-4-15-16-5-6-18(22)21(16,2)10-8-17(15)20/h7,9,13-14,17-18,23H,3-6,8,10-12,22H2,1-2H3/t13?,14?,17-,18?,20+,21+/m1/s1. The van der Waals surface area contributed by atoms with E-state index >= 15 is 0 Å². The Hall–Kier alpha value is -1.13. The van der Waals surface area contributed by atoms with E-state index in [2.05, 4.69) is 26.0 Å². The van der Waals surface area contributed by atoms with Crippen LogP contribution < -0.4 is 5.73 Å². The van der Waals surface area contributed by atoms with Crippen molar-refractivity contribution in [2.24, 2.45) is 28.4 Å². The van der Waals surface area contributed by atoms with Crippen LogP contribution in [0.1, 0.15) is 58.8 Å². The minimum atomic E-state index is -0.538. The van der Waals surface area contributed by atoms with Gasteiger partial charge < -0.3 is 15.6 Å². The van der Waals surface area contributed by atoms with Gasteiger partial charge in [-0.25, -0.2) is 4.79 Å². The minimum Gasteiger partial charge on any atom is -0.456 e. The quantitative estimate of drug-likeness (QED) is 0.596. The average Bonchev–Trinajstić information content (AvgIpc) is 2.90. The Morgan fingerprint density at radius 2 is 2.12 bits per heavy atom. The molecule has 0 aromatic rings. The maximum Gasteiger partial charge on any atom is 0.332 e. The van der Waals surface area contributed by atoms with Crippen molar-refractivity contribution in [1.29, 1.82) is 0 Å². The van der Waals surface area contributed by atoms with Crippen LogP contribution in [-0.4, -0.2) is 29.8 Å². The lowest BCUT2D eigenvalue weighted by Gasteiger charge is -2.54. The molecule has 4 heteroatoms. The molecular weight excluding hydrogens is 314 g/mol. The molecule has 0 aromatic heterocycles. The van der Waals surface area contributed by atoms with Gasteiger partial charge in [0.2, 0.25) is 0 Å². The number of hydrogen-bond acceptors (Lipinski definition) is 4. The lowest BCUT2D eigenvalue weighted by atomic mass is 9.51. The number of carbonyl (C=O) groups excluding carboxylic acids is 1. The van der Waals surface area contributed by atoms with E-state index < -0.39 is 12.6 Å². The van der Waals surface area contributed by atoms with Crippen LogP contribution in [0.3, 0.4) is 0 Å². The van der Waals surface area contributed by atoms with Gasteiger partial charge in [-0.1, -0.05) is 31.1 Å². The van der Waals surface area contributed by atoms with E-state index in [0.29, 0.717) is 17.9 Å². The molecule has 0 amide bonds. The molecule has 0 radical (unpaired) electrons. The summed E-state index contributed by atoms with van der Waals surface area (Å²) in [7, 11) is 0. The van der Waals surface area contributed by atoms with E-state index in [1.54, 1.807) is 11.1 Å². The maximum atomic E-state index is 11.4. The molecule has 0 heterocycles. The van der Waals surface area contributed by atoms with Crippen LogP contribution in [0.25, 0.3) is 0 Å². The van der Waals surface area contributed by atoms with E-state index in [0.717, 1.165) is 19.3 Å². The number of rotatable bonds is 2. The number of aliphatic hydroxyl groups is 1. The van der Waals surface area contributed by atoms with Crippen LogP contribution in [0.15, 0.2) is 23.3 Å². The highest BCUT2D eigenvalue weighted by molar-refractivity contribution is 5.70. The molecule has 4 nitrogen and oxygen atoms in total. The molecule has 4 aliphatic carbocycles. The first-order chi connectivity index (χ1) is 11.9. The smallest absolute Gasteiger partial charge is 0.332 e. The van der Waals surface area contributed by atoms with Gasteiger partial charge in [-0.05, 0) is 68.3 Å². The van der Waals surface area contributed by atoms with Crippen LogP contribution >= 0.6 is 0 Å². The molecule has 0 aliphatic heterocycles. The lowest BCUT2D eigenvalue weighted by molar-refractivity contribution is -0.152. The topological polar surface area (TPSA) is 72.5 Å². The van der Waals surface area contributed by atoms with Crippen LogP contribution in [-0.2, 0) is 9.53 Å². The van der Waals surface area contributed by atoms with Crippen LogP contribution in [0.2, 0.25) is 0 Å². The van der Waals surface area contributed by atoms with Crippen molar-refractivity contribution in [3.8, 4) is 0 Å². The van der Waals surface area contributed by atoms with Crippen molar-refractivity contribution in [3.63, 3.8) is 0 Å². The molecule has 2 saturated carbocycles. The molecule has 6 atom stereocenters. The van der Waals surface area contributed by atoms with E-state index in [1.165, 1.54) is 25.7 Å². The van der Waals surface area contributed by atoms with Gasteiger partial charge in [0.1, 0.15) is 12.7 Å². The zero-order valence-electron chi connectivity index (χ0n) is 15.5. The van der Waals surface area contributed by atoms with Crippen molar-refractivity contribution < 1.29 is 14.6 Å². The average molecular weight is 345 g/mol. The van der Waals surface area contributed by atoms with Crippen molar-refractivity contribution in [3.05, 3.63) is 23.3 Å². The molecule has 4 aliphatic rings. The summed E-state index contributed by atoms with van der Waals surface area (Å²) in [6.45, 7) is 4.25. The van der Waals surface area contributed by atoms with Crippen LogP contribution in [0.5, 0.6) is 0 Å². The molecule has 0 saturated heterocycles. The SMILES string of the molecule is C[C@]12CC[C@@H]3C(=C1CCC2N)CCC1CC(OC(=O)CO)C=C[C@@]13C. The number of aliphatic hydroxyl groups excluding tert-OH is 1. The first kappa shape index (κ1) is 17.3. The number of nitrogens with two attached hydrogens (primary N) is 1. The Kier molecular flexibility index (Phi) is 4.12. The third-order valence-electron chi connectivity index (χ3n) is 7.97. The molecule has 0 aromatic carbocycles. The second-order valence-electron chi connectivity index (χ2n) is 9.04. The number of esters is 1. The number of ether oxygens (including phenoxy) is 1. The largest absolute Gasteiger partial charge is 0.456 e. The fraction of sp³-hybridized carbons (Fsp3) is 0.762. The highest BCUT2D eigenvalue weighted by Gasteiger charge is 2.53. The van der Waals surface area contributed by atoms with Crippen LogP contribution in [0, 0.1) is 22.7 Å². The van der Waals surface area contributed by atoms with Gasteiger partial charge in [0.05, 0.1) is 0 Å². The number of carbonyl (C=O) groups is 1. The van der Waals surface area contributed by atoms with Gasteiger partial charge in [0, 0.05) is 11.5 Å². The third kappa shape index (κ3) is 2.52. The van der Waals surface area contributed by atoms with Crippen molar-refractivity contribution in [2.75, 3.05) is 6.61 Å². The Bertz CT molecular complexity index is 639. The van der Waals surface area contributed by atoms with E-state index in [4.69, 9.17) is 15.6 Å². The summed E-state index contributed by atoms with van der Waals surface area (Å²) in [5.41, 5.74) is 10.2. The van der Waals surface area contributed by atoms with E-state index in [-0.39, 0.29) is 16.9 Å². The summed E-state index contributed by atoms with van der Waals surface area (Å²) in [4.78, 5) is 11.4. The third-order valence-corrected chi connectivity index (χ3v) is 7.97. The Labute approximate surface area is 150 Å². The van der Waals surface area contributed by atoms with Gasteiger partial charge in [-0.15, -0.1) is 0 Å². The molecular formula is C21H31NO3. The molecule has 3 unspecified atom stereocenters.